The molecule has 0 fully saturated rings. The zero-order valence-corrected chi connectivity index (χ0v) is 17.2. The minimum absolute atomic E-state index is 0.568. The van der Waals surface area contributed by atoms with Gasteiger partial charge >= 0.3 is 0 Å². The molecule has 0 saturated heterocycles. The zero-order valence-electron chi connectivity index (χ0n) is 16.4. The summed E-state index contributed by atoms with van der Waals surface area (Å²) in [7, 11) is 0.426. The first kappa shape index (κ1) is 19.2. The van der Waals surface area contributed by atoms with Crippen molar-refractivity contribution >= 4 is 10.8 Å². The second-order valence-corrected chi connectivity index (χ2v) is 7.99. The number of rotatable bonds is 6. The van der Waals surface area contributed by atoms with Crippen molar-refractivity contribution in [3.63, 3.8) is 0 Å². The Hall–Kier alpha value is -3.18. The summed E-state index contributed by atoms with van der Waals surface area (Å²) in [4.78, 5) is 4.82. The fourth-order valence-electron chi connectivity index (χ4n) is 3.40. The molecule has 1 atom stereocenters. The molecule has 0 bridgehead atoms. The molecule has 1 aromatic heterocycles. The van der Waals surface area contributed by atoms with Crippen molar-refractivity contribution in [2.24, 2.45) is 0 Å². The van der Waals surface area contributed by atoms with Crippen LogP contribution in [0.4, 0.5) is 0 Å². The monoisotopic (exact) mass is 402 g/mol. The Bertz CT molecular complexity index is 1120. The number of methoxy groups -OCH3 is 1. The molecule has 0 N–H and O–H groups in total. The van der Waals surface area contributed by atoms with Gasteiger partial charge in [0, 0.05) is 17.4 Å². The Kier molecular flexibility index (Phi) is 5.58. The standard InChI is InChI=1S/C24H22N2O2S/c1-28-21-15-13-18(14-16-21)17-26-23(20-11-7-4-8-12-20)22(25-24(26)29(2)27)19-9-5-3-6-10-19/h3-16H,17H2,1-2H3. The molecule has 0 aliphatic rings. The highest BCUT2D eigenvalue weighted by Crippen LogP contribution is 2.34. The number of hydrogen-bond donors (Lipinski definition) is 0. The SMILES string of the molecule is COc1ccc(Cn2c(S(C)=O)nc(-c3ccccc3)c2-c2ccccc2)cc1. The maximum atomic E-state index is 12.6. The molecule has 29 heavy (non-hydrogen) atoms. The zero-order chi connectivity index (χ0) is 20.2. The number of nitrogens with zero attached hydrogens (tertiary/aromatic N) is 2. The van der Waals surface area contributed by atoms with Crippen LogP contribution in [0.15, 0.2) is 90.1 Å². The third kappa shape index (κ3) is 4.00. The predicted octanol–water partition coefficient (Wildman–Crippen LogP) is 5.01. The Morgan fingerprint density at radius 1 is 0.862 bits per heavy atom. The van der Waals surface area contributed by atoms with Crippen LogP contribution < -0.4 is 4.74 Å². The molecular weight excluding hydrogens is 380 g/mol. The van der Waals surface area contributed by atoms with Gasteiger partial charge in [-0.05, 0) is 17.7 Å². The van der Waals surface area contributed by atoms with Crippen LogP contribution in [0.3, 0.4) is 0 Å². The van der Waals surface area contributed by atoms with Gasteiger partial charge in [-0.15, -0.1) is 0 Å². The van der Waals surface area contributed by atoms with E-state index in [-0.39, 0.29) is 0 Å². The Balaban J connectivity index is 1.92. The van der Waals surface area contributed by atoms with E-state index in [1.807, 2.05) is 72.8 Å². The van der Waals surface area contributed by atoms with Gasteiger partial charge in [-0.3, -0.25) is 4.21 Å². The Morgan fingerprint density at radius 2 is 1.45 bits per heavy atom. The van der Waals surface area contributed by atoms with Crippen LogP contribution >= 0.6 is 0 Å². The van der Waals surface area contributed by atoms with Gasteiger partial charge in [-0.1, -0.05) is 72.8 Å². The minimum atomic E-state index is -1.23. The lowest BCUT2D eigenvalue weighted by molar-refractivity contribution is 0.414. The van der Waals surface area contributed by atoms with Crippen LogP contribution in [0.5, 0.6) is 5.75 Å². The van der Waals surface area contributed by atoms with Gasteiger partial charge in [0.25, 0.3) is 0 Å². The first-order valence-electron chi connectivity index (χ1n) is 9.35. The van der Waals surface area contributed by atoms with Crippen LogP contribution in [0, 0.1) is 0 Å². The van der Waals surface area contributed by atoms with Gasteiger partial charge in [-0.2, -0.15) is 0 Å². The van der Waals surface area contributed by atoms with Gasteiger partial charge < -0.3 is 9.30 Å². The van der Waals surface area contributed by atoms with E-state index in [1.54, 1.807) is 13.4 Å². The normalized spacial score (nSPS) is 11.9. The number of aromatic nitrogens is 2. The first-order valence-corrected chi connectivity index (χ1v) is 10.9. The quantitative estimate of drug-likeness (QED) is 0.455. The second kappa shape index (κ2) is 8.45. The topological polar surface area (TPSA) is 44.1 Å². The van der Waals surface area contributed by atoms with Gasteiger partial charge in [0.2, 0.25) is 0 Å². The van der Waals surface area contributed by atoms with Gasteiger partial charge in [-0.25, -0.2) is 4.98 Å². The summed E-state index contributed by atoms with van der Waals surface area (Å²) in [6, 6.07) is 28.1. The molecule has 0 aliphatic heterocycles. The molecule has 4 nitrogen and oxygen atoms in total. The lowest BCUT2D eigenvalue weighted by atomic mass is 10.0. The van der Waals surface area contributed by atoms with E-state index in [9.17, 15) is 4.21 Å². The van der Waals surface area contributed by atoms with Crippen LogP contribution in [-0.2, 0) is 17.3 Å². The molecule has 0 aliphatic carbocycles. The average molecular weight is 403 g/mol. The van der Waals surface area contributed by atoms with Gasteiger partial charge in [0.15, 0.2) is 5.16 Å². The van der Waals surface area contributed by atoms with Crippen LogP contribution in [0.1, 0.15) is 5.56 Å². The molecule has 0 spiro atoms. The van der Waals surface area contributed by atoms with E-state index in [2.05, 4.69) is 16.7 Å². The van der Waals surface area contributed by atoms with E-state index >= 15 is 0 Å². The average Bonchev–Trinajstić information content (AvgIpc) is 3.15. The summed E-state index contributed by atoms with van der Waals surface area (Å²) in [6.45, 7) is 0.572. The van der Waals surface area contributed by atoms with Crippen molar-refractivity contribution in [2.45, 2.75) is 11.7 Å². The molecule has 1 unspecified atom stereocenters. The third-order valence-corrected chi connectivity index (χ3v) is 5.61. The van der Waals surface area contributed by atoms with Crippen molar-refractivity contribution < 1.29 is 8.95 Å². The van der Waals surface area contributed by atoms with Crippen LogP contribution in [0.25, 0.3) is 22.5 Å². The van der Waals surface area contributed by atoms with Crippen molar-refractivity contribution in [2.75, 3.05) is 13.4 Å². The van der Waals surface area contributed by atoms with Gasteiger partial charge in [0.1, 0.15) is 5.75 Å². The summed E-state index contributed by atoms with van der Waals surface area (Å²) in [6.07, 6.45) is 1.68. The molecule has 146 valence electrons. The molecule has 4 aromatic rings. The molecular formula is C24H22N2O2S. The highest BCUT2D eigenvalue weighted by Gasteiger charge is 2.22. The van der Waals surface area contributed by atoms with Crippen molar-refractivity contribution in [3.05, 3.63) is 90.5 Å². The van der Waals surface area contributed by atoms with Crippen molar-refractivity contribution in [1.29, 1.82) is 0 Å². The maximum Gasteiger partial charge on any atom is 0.200 e. The maximum absolute atomic E-state index is 12.6. The van der Waals surface area contributed by atoms with E-state index in [1.165, 1.54) is 0 Å². The number of hydrogen-bond acceptors (Lipinski definition) is 3. The second-order valence-electron chi connectivity index (χ2n) is 6.71. The third-order valence-electron chi connectivity index (χ3n) is 4.78. The summed E-state index contributed by atoms with van der Waals surface area (Å²) in [5, 5.41) is 0.568. The Labute approximate surface area is 173 Å². The summed E-state index contributed by atoms with van der Waals surface area (Å²) < 4.78 is 19.9. The molecule has 1 heterocycles. The lowest BCUT2D eigenvalue weighted by Gasteiger charge is -2.13. The molecule has 3 aromatic carbocycles. The highest BCUT2D eigenvalue weighted by molar-refractivity contribution is 7.84. The fourth-order valence-corrected chi connectivity index (χ4v) is 4.08. The molecule has 0 amide bonds. The molecule has 5 heteroatoms. The van der Waals surface area contributed by atoms with Crippen molar-refractivity contribution in [1.82, 2.24) is 9.55 Å². The van der Waals surface area contributed by atoms with Crippen molar-refractivity contribution in [3.8, 4) is 28.3 Å². The first-order chi connectivity index (χ1) is 14.2. The minimum Gasteiger partial charge on any atom is -0.497 e. The van der Waals surface area contributed by atoms with Crippen LogP contribution in [0.2, 0.25) is 0 Å². The Morgan fingerprint density at radius 3 is 2.00 bits per heavy atom. The molecule has 0 radical (unpaired) electrons. The van der Waals surface area contributed by atoms with E-state index in [4.69, 9.17) is 9.72 Å². The predicted molar refractivity (Wildman–Crippen MR) is 118 cm³/mol. The van der Waals surface area contributed by atoms with Crippen LogP contribution in [-0.4, -0.2) is 27.1 Å². The summed E-state index contributed by atoms with van der Waals surface area (Å²) in [5.41, 5.74) is 4.95. The lowest BCUT2D eigenvalue weighted by Crippen LogP contribution is -2.08. The largest absolute Gasteiger partial charge is 0.497 e. The summed E-state index contributed by atoms with van der Waals surface area (Å²) in [5.74, 6) is 0.812. The summed E-state index contributed by atoms with van der Waals surface area (Å²) >= 11 is 0. The number of ether oxygens (including phenoxy) is 1. The van der Waals surface area contributed by atoms with E-state index in [0.717, 1.165) is 33.8 Å². The molecule has 0 saturated carbocycles. The smallest absolute Gasteiger partial charge is 0.200 e. The van der Waals surface area contributed by atoms with Gasteiger partial charge in [0.05, 0.1) is 35.8 Å². The fraction of sp³-hybridized carbons (Fsp3) is 0.125. The highest BCUT2D eigenvalue weighted by atomic mass is 32.2. The molecule has 4 rings (SSSR count). The van der Waals surface area contributed by atoms with E-state index < -0.39 is 10.8 Å². The van der Waals surface area contributed by atoms with E-state index in [0.29, 0.717) is 11.7 Å². The number of benzene rings is 3. The number of imidazole rings is 1.